The normalized spacial score (nSPS) is 12.8. The minimum absolute atomic E-state index is 0.338. The molecule has 2 rings (SSSR count). The lowest BCUT2D eigenvalue weighted by Crippen LogP contribution is -2.34. The minimum atomic E-state index is -3.42. The molecule has 0 aromatic heterocycles. The van der Waals surface area contributed by atoms with Crippen LogP contribution in [0.4, 0.5) is 0 Å². The predicted octanol–water partition coefficient (Wildman–Crippen LogP) is 3.19. The SMILES string of the molecule is C=C(C)C(CNCc1ccccc1)S(=O)(=O)c1ccccc1. The minimum Gasteiger partial charge on any atom is -0.311 e. The first-order valence-electron chi connectivity index (χ1n) is 7.21. The van der Waals surface area contributed by atoms with E-state index in [1.54, 1.807) is 31.2 Å². The van der Waals surface area contributed by atoms with Crippen molar-refractivity contribution in [3.63, 3.8) is 0 Å². The van der Waals surface area contributed by atoms with Crippen LogP contribution in [0.15, 0.2) is 77.7 Å². The molecule has 0 aliphatic rings. The highest BCUT2D eigenvalue weighted by Gasteiger charge is 2.27. The van der Waals surface area contributed by atoms with Crippen molar-refractivity contribution in [1.29, 1.82) is 0 Å². The molecule has 0 heterocycles. The molecular formula is C18H21NO2S. The van der Waals surface area contributed by atoms with Crippen molar-refractivity contribution in [2.75, 3.05) is 6.54 Å². The molecular weight excluding hydrogens is 294 g/mol. The predicted molar refractivity (Wildman–Crippen MR) is 90.4 cm³/mol. The average molecular weight is 315 g/mol. The van der Waals surface area contributed by atoms with Gasteiger partial charge in [0, 0.05) is 13.1 Å². The molecule has 0 bridgehead atoms. The van der Waals surface area contributed by atoms with Gasteiger partial charge in [0.25, 0.3) is 0 Å². The molecule has 1 unspecified atom stereocenters. The molecule has 116 valence electrons. The summed E-state index contributed by atoms with van der Waals surface area (Å²) in [6.45, 7) is 6.60. The van der Waals surface area contributed by atoms with Gasteiger partial charge in [0.15, 0.2) is 9.84 Å². The summed E-state index contributed by atoms with van der Waals surface area (Å²) in [5, 5.41) is 2.59. The Hall–Kier alpha value is -1.91. The van der Waals surface area contributed by atoms with Gasteiger partial charge in [0.2, 0.25) is 0 Å². The third-order valence-electron chi connectivity index (χ3n) is 3.50. The molecule has 0 aliphatic carbocycles. The molecule has 2 aromatic rings. The molecule has 0 saturated carbocycles. The highest BCUT2D eigenvalue weighted by molar-refractivity contribution is 7.92. The molecule has 3 nitrogen and oxygen atoms in total. The van der Waals surface area contributed by atoms with Crippen molar-refractivity contribution in [3.8, 4) is 0 Å². The topological polar surface area (TPSA) is 46.2 Å². The van der Waals surface area contributed by atoms with Crippen LogP contribution in [0.2, 0.25) is 0 Å². The average Bonchev–Trinajstić information content (AvgIpc) is 2.53. The Bertz CT molecular complexity index is 709. The molecule has 4 heteroatoms. The van der Waals surface area contributed by atoms with E-state index in [-0.39, 0.29) is 0 Å². The summed E-state index contributed by atoms with van der Waals surface area (Å²) < 4.78 is 25.4. The smallest absolute Gasteiger partial charge is 0.186 e. The van der Waals surface area contributed by atoms with Crippen molar-refractivity contribution in [2.24, 2.45) is 0 Å². The Morgan fingerprint density at radius 3 is 2.14 bits per heavy atom. The fourth-order valence-electron chi connectivity index (χ4n) is 2.27. The van der Waals surface area contributed by atoms with E-state index in [0.717, 1.165) is 5.56 Å². The van der Waals surface area contributed by atoms with Crippen molar-refractivity contribution in [2.45, 2.75) is 23.6 Å². The summed E-state index contributed by atoms with van der Waals surface area (Å²) in [5.74, 6) is 0. The first-order chi connectivity index (χ1) is 10.5. The van der Waals surface area contributed by atoms with Gasteiger partial charge < -0.3 is 5.32 Å². The number of sulfone groups is 1. The Labute approximate surface area is 132 Å². The summed E-state index contributed by atoms with van der Waals surface area (Å²) in [7, 11) is -3.42. The molecule has 2 aromatic carbocycles. The van der Waals surface area contributed by atoms with Crippen LogP contribution in [-0.2, 0) is 16.4 Å². The van der Waals surface area contributed by atoms with Gasteiger partial charge >= 0.3 is 0 Å². The number of benzene rings is 2. The lowest BCUT2D eigenvalue weighted by Gasteiger charge is -2.18. The van der Waals surface area contributed by atoms with Crippen LogP contribution in [0.5, 0.6) is 0 Å². The van der Waals surface area contributed by atoms with Crippen LogP contribution in [0.25, 0.3) is 0 Å². The van der Waals surface area contributed by atoms with Crippen molar-refractivity contribution in [3.05, 3.63) is 78.4 Å². The van der Waals surface area contributed by atoms with Gasteiger partial charge in [0.05, 0.1) is 10.1 Å². The van der Waals surface area contributed by atoms with Gasteiger partial charge in [-0.1, -0.05) is 60.7 Å². The summed E-state index contributed by atoms with van der Waals surface area (Å²) in [4.78, 5) is 0.338. The zero-order chi connectivity index (χ0) is 16.0. The molecule has 1 atom stereocenters. The van der Waals surface area contributed by atoms with E-state index in [1.807, 2.05) is 36.4 Å². The quantitative estimate of drug-likeness (QED) is 0.798. The second-order valence-corrected chi connectivity index (χ2v) is 7.44. The van der Waals surface area contributed by atoms with E-state index >= 15 is 0 Å². The molecule has 0 fully saturated rings. The molecule has 0 aliphatic heterocycles. The molecule has 1 N–H and O–H groups in total. The van der Waals surface area contributed by atoms with Gasteiger partial charge in [-0.15, -0.1) is 0 Å². The summed E-state index contributed by atoms with van der Waals surface area (Å²) in [6.07, 6.45) is 0. The maximum Gasteiger partial charge on any atom is 0.186 e. The third-order valence-corrected chi connectivity index (χ3v) is 5.75. The van der Waals surface area contributed by atoms with E-state index in [0.29, 0.717) is 23.6 Å². The van der Waals surface area contributed by atoms with E-state index in [1.165, 1.54) is 0 Å². The van der Waals surface area contributed by atoms with Gasteiger partial charge in [0.1, 0.15) is 0 Å². The maximum absolute atomic E-state index is 12.7. The molecule has 0 saturated heterocycles. The van der Waals surface area contributed by atoms with E-state index < -0.39 is 15.1 Å². The standard InChI is InChI=1S/C18H21NO2S/c1-15(2)18(14-19-13-16-9-5-3-6-10-16)22(20,21)17-11-7-4-8-12-17/h3-12,18-19H,1,13-14H2,2H3. The molecule has 22 heavy (non-hydrogen) atoms. The van der Waals surface area contributed by atoms with Gasteiger partial charge in [-0.3, -0.25) is 0 Å². The monoisotopic (exact) mass is 315 g/mol. The Balaban J connectivity index is 2.09. The zero-order valence-electron chi connectivity index (χ0n) is 12.7. The Morgan fingerprint density at radius 1 is 1.05 bits per heavy atom. The molecule has 0 amide bonds. The van der Waals surface area contributed by atoms with Crippen molar-refractivity contribution in [1.82, 2.24) is 5.32 Å². The molecule has 0 radical (unpaired) electrons. The summed E-state index contributed by atoms with van der Waals surface area (Å²) in [6, 6.07) is 18.4. The van der Waals surface area contributed by atoms with Crippen molar-refractivity contribution < 1.29 is 8.42 Å². The highest BCUT2D eigenvalue weighted by atomic mass is 32.2. The fraction of sp³-hybridized carbons (Fsp3) is 0.222. The van der Waals surface area contributed by atoms with Crippen LogP contribution in [0.3, 0.4) is 0 Å². The van der Waals surface area contributed by atoms with E-state index in [4.69, 9.17) is 0 Å². The second-order valence-electron chi connectivity index (χ2n) is 5.31. The fourth-order valence-corrected chi connectivity index (χ4v) is 4.00. The van der Waals surface area contributed by atoms with Crippen LogP contribution >= 0.6 is 0 Å². The van der Waals surface area contributed by atoms with Gasteiger partial charge in [-0.2, -0.15) is 0 Å². The number of hydrogen-bond donors (Lipinski definition) is 1. The number of nitrogens with one attached hydrogen (secondary N) is 1. The third kappa shape index (κ3) is 4.06. The first kappa shape index (κ1) is 16.5. The lowest BCUT2D eigenvalue weighted by molar-refractivity contribution is 0.575. The van der Waals surface area contributed by atoms with Crippen LogP contribution in [-0.4, -0.2) is 20.2 Å². The Kier molecular flexibility index (Phi) is 5.52. The first-order valence-corrected chi connectivity index (χ1v) is 8.75. The summed E-state index contributed by atoms with van der Waals surface area (Å²) in [5.41, 5.74) is 1.77. The molecule has 0 spiro atoms. The maximum atomic E-state index is 12.7. The lowest BCUT2D eigenvalue weighted by atomic mass is 10.2. The Morgan fingerprint density at radius 2 is 1.59 bits per heavy atom. The largest absolute Gasteiger partial charge is 0.311 e. The van der Waals surface area contributed by atoms with Crippen molar-refractivity contribution >= 4 is 9.84 Å². The van der Waals surface area contributed by atoms with E-state index in [9.17, 15) is 8.42 Å². The van der Waals surface area contributed by atoms with Crippen LogP contribution < -0.4 is 5.32 Å². The van der Waals surface area contributed by atoms with Gasteiger partial charge in [-0.05, 0) is 24.6 Å². The van der Waals surface area contributed by atoms with Crippen LogP contribution in [0.1, 0.15) is 12.5 Å². The second kappa shape index (κ2) is 7.38. The van der Waals surface area contributed by atoms with E-state index in [2.05, 4.69) is 11.9 Å². The zero-order valence-corrected chi connectivity index (χ0v) is 13.5. The summed E-state index contributed by atoms with van der Waals surface area (Å²) >= 11 is 0. The number of rotatable bonds is 7. The van der Waals surface area contributed by atoms with Crippen LogP contribution in [0, 0.1) is 0 Å². The number of hydrogen-bond acceptors (Lipinski definition) is 3. The van der Waals surface area contributed by atoms with Gasteiger partial charge in [-0.25, -0.2) is 8.42 Å². The highest BCUT2D eigenvalue weighted by Crippen LogP contribution is 2.20.